The Hall–Kier alpha value is -0.850. The second-order valence-corrected chi connectivity index (χ2v) is 6.59. The summed E-state index contributed by atoms with van der Waals surface area (Å²) in [6, 6.07) is 0. The van der Waals surface area contributed by atoms with Gasteiger partial charge in [-0.2, -0.15) is 0 Å². The average Bonchev–Trinajstić information content (AvgIpc) is 2.44. The molecule has 1 aliphatic rings. The van der Waals surface area contributed by atoms with Crippen molar-refractivity contribution in [2.75, 3.05) is 39.8 Å². The van der Waals surface area contributed by atoms with E-state index in [0.717, 1.165) is 39.1 Å². The van der Waals surface area contributed by atoms with Gasteiger partial charge in [0.05, 0.1) is 11.1 Å². The van der Waals surface area contributed by atoms with Gasteiger partial charge in [0.2, 0.25) is 0 Å². The number of amidine groups is 1. The first-order valence-electron chi connectivity index (χ1n) is 7.23. The molecule has 0 atom stereocenters. The molecule has 1 saturated heterocycles. The van der Waals surface area contributed by atoms with Gasteiger partial charge in [-0.3, -0.25) is 4.90 Å². The molecule has 1 heterocycles. The van der Waals surface area contributed by atoms with Crippen molar-refractivity contribution in [1.29, 1.82) is 0 Å². The Morgan fingerprint density at radius 3 is 2.20 bits per heavy atom. The minimum atomic E-state index is -0.396. The molecule has 1 fully saturated rings. The summed E-state index contributed by atoms with van der Waals surface area (Å²) in [5.41, 5.74) is 5.32. The molecule has 118 valence electrons. The fourth-order valence-electron chi connectivity index (χ4n) is 2.34. The molecule has 1 rings (SSSR count). The van der Waals surface area contributed by atoms with E-state index in [2.05, 4.69) is 28.8 Å². The Bertz CT molecular complexity index is 334. The molecule has 3 N–H and O–H groups in total. The number of piperazine rings is 1. The topological polar surface area (TPSA) is 74.3 Å². The second kappa shape index (κ2) is 6.74. The lowest BCUT2D eigenvalue weighted by Crippen LogP contribution is -2.59. The number of hydrogen-bond acceptors (Lipinski definition) is 5. The second-order valence-electron chi connectivity index (χ2n) is 6.59. The third kappa shape index (κ3) is 4.33. The molecule has 0 bridgehead atoms. The van der Waals surface area contributed by atoms with E-state index in [9.17, 15) is 0 Å². The highest BCUT2D eigenvalue weighted by molar-refractivity contribution is 5.88. The molecule has 0 unspecified atom stereocenters. The first-order valence-corrected chi connectivity index (χ1v) is 7.23. The van der Waals surface area contributed by atoms with Crippen molar-refractivity contribution in [1.82, 2.24) is 9.80 Å². The first-order chi connectivity index (χ1) is 9.23. The average molecular weight is 286 g/mol. The number of hydrogen-bond donors (Lipinski definition) is 2. The minimum absolute atomic E-state index is 0.0651. The highest BCUT2D eigenvalue weighted by atomic mass is 16.5. The molecule has 0 aromatic heterocycles. The molecule has 1 aliphatic heterocycles. The lowest BCUT2D eigenvalue weighted by molar-refractivity contribution is 0.000540. The van der Waals surface area contributed by atoms with E-state index in [-0.39, 0.29) is 11.4 Å². The zero-order valence-corrected chi connectivity index (χ0v) is 13.5. The molecule has 6 nitrogen and oxygen atoms in total. The maximum absolute atomic E-state index is 8.87. The van der Waals surface area contributed by atoms with Gasteiger partial charge in [-0.25, -0.2) is 0 Å². The Morgan fingerprint density at radius 1 is 1.20 bits per heavy atom. The van der Waals surface area contributed by atoms with Crippen molar-refractivity contribution in [3.63, 3.8) is 0 Å². The molecule has 6 heteroatoms. The summed E-state index contributed by atoms with van der Waals surface area (Å²) in [5.74, 6) is 0.270. The summed E-state index contributed by atoms with van der Waals surface area (Å²) in [6.07, 6.45) is 1.02. The van der Waals surface area contributed by atoms with Gasteiger partial charge in [-0.1, -0.05) is 5.16 Å². The van der Waals surface area contributed by atoms with Crippen LogP contribution in [-0.4, -0.2) is 71.8 Å². The largest absolute Gasteiger partial charge is 0.409 e. The van der Waals surface area contributed by atoms with Gasteiger partial charge >= 0.3 is 0 Å². The highest BCUT2D eigenvalue weighted by Crippen LogP contribution is 2.19. The minimum Gasteiger partial charge on any atom is -0.409 e. The van der Waals surface area contributed by atoms with Crippen LogP contribution in [0.25, 0.3) is 0 Å². The summed E-state index contributed by atoms with van der Waals surface area (Å²) in [7, 11) is 1.76. The van der Waals surface area contributed by atoms with Gasteiger partial charge in [-0.05, 0) is 34.1 Å². The molecule has 0 saturated carbocycles. The quantitative estimate of drug-likeness (QED) is 0.329. The molecule has 0 aromatic carbocycles. The van der Waals surface area contributed by atoms with Crippen molar-refractivity contribution in [2.24, 2.45) is 10.9 Å². The van der Waals surface area contributed by atoms with Crippen molar-refractivity contribution < 1.29 is 9.94 Å². The van der Waals surface area contributed by atoms with E-state index in [1.165, 1.54) is 0 Å². The van der Waals surface area contributed by atoms with Crippen LogP contribution in [0.4, 0.5) is 0 Å². The Morgan fingerprint density at radius 2 is 1.75 bits per heavy atom. The Kier molecular flexibility index (Phi) is 5.79. The SMILES string of the molecule is COC(C)(C)CCN1CCN(C(C)(C)C(N)=NO)CC1. The van der Waals surface area contributed by atoms with E-state index in [4.69, 9.17) is 15.7 Å². The van der Waals surface area contributed by atoms with Gasteiger partial charge in [-0.15, -0.1) is 0 Å². The van der Waals surface area contributed by atoms with Crippen LogP contribution in [0.5, 0.6) is 0 Å². The summed E-state index contributed by atoms with van der Waals surface area (Å²) in [5, 5.41) is 12.0. The Labute approximate surface area is 122 Å². The predicted molar refractivity (Wildman–Crippen MR) is 81.2 cm³/mol. The van der Waals surface area contributed by atoms with Crippen molar-refractivity contribution in [2.45, 2.75) is 45.3 Å². The molecule has 0 radical (unpaired) electrons. The fraction of sp³-hybridized carbons (Fsp3) is 0.929. The Balaban J connectivity index is 2.44. The summed E-state index contributed by atoms with van der Waals surface area (Å²) < 4.78 is 5.45. The van der Waals surface area contributed by atoms with Crippen molar-refractivity contribution in [3.05, 3.63) is 0 Å². The van der Waals surface area contributed by atoms with Gasteiger partial charge in [0.1, 0.15) is 0 Å². The summed E-state index contributed by atoms with van der Waals surface area (Å²) in [6.45, 7) is 13.1. The maximum atomic E-state index is 8.87. The van der Waals surface area contributed by atoms with Crippen LogP contribution < -0.4 is 5.73 Å². The van der Waals surface area contributed by atoms with Crippen LogP contribution in [-0.2, 0) is 4.74 Å². The molecule has 20 heavy (non-hydrogen) atoms. The first kappa shape index (κ1) is 17.2. The van der Waals surface area contributed by atoms with Crippen LogP contribution >= 0.6 is 0 Å². The van der Waals surface area contributed by atoms with Crippen LogP contribution in [0.15, 0.2) is 5.16 Å². The highest BCUT2D eigenvalue weighted by Gasteiger charge is 2.33. The zero-order valence-electron chi connectivity index (χ0n) is 13.5. The smallest absolute Gasteiger partial charge is 0.159 e. The van der Waals surface area contributed by atoms with E-state index < -0.39 is 5.54 Å². The summed E-state index contributed by atoms with van der Waals surface area (Å²) >= 11 is 0. The van der Waals surface area contributed by atoms with Crippen LogP contribution in [0.2, 0.25) is 0 Å². The zero-order chi connectivity index (χ0) is 15.4. The molecule has 0 spiro atoms. The third-order valence-corrected chi connectivity index (χ3v) is 4.48. The van der Waals surface area contributed by atoms with Crippen LogP contribution in [0, 0.1) is 0 Å². The number of rotatable bonds is 6. The van der Waals surface area contributed by atoms with E-state index >= 15 is 0 Å². The van der Waals surface area contributed by atoms with E-state index in [1.54, 1.807) is 7.11 Å². The lowest BCUT2D eigenvalue weighted by Gasteiger charge is -2.43. The fourth-order valence-corrected chi connectivity index (χ4v) is 2.34. The van der Waals surface area contributed by atoms with E-state index in [1.807, 2.05) is 13.8 Å². The number of ether oxygens (including phenoxy) is 1. The standard InChI is InChI=1S/C14H30N4O2/c1-13(2,20-5)6-7-17-8-10-18(11-9-17)14(3,4)12(15)16-19/h19H,6-11H2,1-5H3,(H2,15,16). The van der Waals surface area contributed by atoms with Crippen molar-refractivity contribution in [3.8, 4) is 0 Å². The predicted octanol–water partition coefficient (Wildman–Crippen LogP) is 0.944. The molecule has 0 aliphatic carbocycles. The van der Waals surface area contributed by atoms with Crippen molar-refractivity contribution >= 4 is 5.84 Å². The molecule has 0 amide bonds. The molecular weight excluding hydrogens is 256 g/mol. The number of nitrogens with zero attached hydrogens (tertiary/aromatic N) is 3. The van der Waals surface area contributed by atoms with E-state index in [0.29, 0.717) is 0 Å². The number of methoxy groups -OCH3 is 1. The van der Waals surface area contributed by atoms with Crippen LogP contribution in [0.1, 0.15) is 34.1 Å². The number of oxime groups is 1. The van der Waals surface area contributed by atoms with Gasteiger partial charge in [0, 0.05) is 39.8 Å². The normalized spacial score (nSPS) is 20.4. The van der Waals surface area contributed by atoms with Crippen LogP contribution in [0.3, 0.4) is 0 Å². The van der Waals surface area contributed by atoms with Gasteiger partial charge < -0.3 is 20.6 Å². The molecule has 0 aromatic rings. The van der Waals surface area contributed by atoms with Gasteiger partial charge in [0.15, 0.2) is 5.84 Å². The third-order valence-electron chi connectivity index (χ3n) is 4.48. The van der Waals surface area contributed by atoms with Gasteiger partial charge in [0.25, 0.3) is 0 Å². The molecular formula is C14H30N4O2. The summed E-state index contributed by atoms with van der Waals surface area (Å²) in [4.78, 5) is 4.71. The maximum Gasteiger partial charge on any atom is 0.159 e. The monoisotopic (exact) mass is 286 g/mol. The number of nitrogens with two attached hydrogens (primary N) is 1. The lowest BCUT2D eigenvalue weighted by atomic mass is 10.00.